The van der Waals surface area contributed by atoms with Gasteiger partial charge >= 0.3 is 0 Å². The van der Waals surface area contributed by atoms with Crippen LogP contribution in [-0.4, -0.2) is 4.98 Å². The van der Waals surface area contributed by atoms with Crippen molar-refractivity contribution >= 4 is 33.2 Å². The molecule has 2 nitrogen and oxygen atoms in total. The Morgan fingerprint density at radius 3 is 2.68 bits per heavy atom. The molecule has 5 heteroatoms. The van der Waals surface area contributed by atoms with E-state index in [1.54, 1.807) is 6.07 Å². The highest BCUT2D eigenvalue weighted by Crippen LogP contribution is 2.27. The van der Waals surface area contributed by atoms with Gasteiger partial charge in [0.05, 0.1) is 17.4 Å². The van der Waals surface area contributed by atoms with E-state index in [2.05, 4.69) is 26.2 Å². The van der Waals surface area contributed by atoms with Crippen LogP contribution < -0.4 is 5.32 Å². The lowest BCUT2D eigenvalue weighted by molar-refractivity contribution is 0.626. The lowest BCUT2D eigenvalue weighted by Crippen LogP contribution is -2.09. The average Bonchev–Trinajstić information content (AvgIpc) is 2.32. The molecule has 0 saturated carbocycles. The Labute approximate surface area is 125 Å². The van der Waals surface area contributed by atoms with Gasteiger partial charge in [0, 0.05) is 5.02 Å². The van der Waals surface area contributed by atoms with Crippen LogP contribution in [0.3, 0.4) is 0 Å². The minimum atomic E-state index is -0.331. The summed E-state index contributed by atoms with van der Waals surface area (Å²) in [6.45, 7) is 3.90. The van der Waals surface area contributed by atoms with Crippen LogP contribution >= 0.6 is 27.5 Å². The van der Waals surface area contributed by atoms with Crippen LogP contribution in [0.2, 0.25) is 5.02 Å². The third-order valence-corrected chi connectivity index (χ3v) is 3.62. The fourth-order valence-corrected chi connectivity index (χ4v) is 2.58. The van der Waals surface area contributed by atoms with Crippen molar-refractivity contribution in [3.8, 4) is 0 Å². The summed E-state index contributed by atoms with van der Waals surface area (Å²) >= 11 is 9.38. The van der Waals surface area contributed by atoms with E-state index in [1.807, 2.05) is 26.0 Å². The number of nitrogens with zero attached hydrogens (tertiary/aromatic N) is 1. The zero-order valence-corrected chi connectivity index (χ0v) is 12.9. The number of anilines is 1. The van der Waals surface area contributed by atoms with Crippen molar-refractivity contribution in [2.75, 3.05) is 5.32 Å². The smallest absolute Gasteiger partial charge is 0.124 e. The fraction of sp³-hybridized carbons (Fsp3) is 0.214. The summed E-state index contributed by atoms with van der Waals surface area (Å²) in [5.41, 5.74) is 2.67. The standard InChI is InChI=1S/C14H13BrClFN2/c1-8(11-4-3-10(17)7-12(11)16)18-13-5-6-14(15)19-9(13)2/h3-8,18H,1-2H3. The van der Waals surface area contributed by atoms with Gasteiger partial charge in [-0.05, 0) is 59.6 Å². The van der Waals surface area contributed by atoms with Gasteiger partial charge in [-0.25, -0.2) is 9.37 Å². The molecule has 0 aliphatic carbocycles. The monoisotopic (exact) mass is 342 g/mol. The van der Waals surface area contributed by atoms with Crippen molar-refractivity contribution < 1.29 is 4.39 Å². The van der Waals surface area contributed by atoms with Crippen molar-refractivity contribution in [1.82, 2.24) is 4.98 Å². The highest BCUT2D eigenvalue weighted by Gasteiger charge is 2.11. The maximum absolute atomic E-state index is 13.0. The van der Waals surface area contributed by atoms with E-state index in [9.17, 15) is 4.39 Å². The Kier molecular flexibility index (Phi) is 4.42. The van der Waals surface area contributed by atoms with Crippen molar-refractivity contribution in [2.24, 2.45) is 0 Å². The first-order valence-electron chi connectivity index (χ1n) is 5.82. The molecule has 2 rings (SSSR count). The molecule has 0 radical (unpaired) electrons. The first kappa shape index (κ1) is 14.3. The molecule has 0 fully saturated rings. The zero-order valence-electron chi connectivity index (χ0n) is 10.5. The van der Waals surface area contributed by atoms with Crippen LogP contribution in [0.4, 0.5) is 10.1 Å². The van der Waals surface area contributed by atoms with E-state index in [0.29, 0.717) is 5.02 Å². The summed E-state index contributed by atoms with van der Waals surface area (Å²) in [5, 5.41) is 3.74. The predicted octanol–water partition coefficient (Wildman–Crippen LogP) is 5.12. The molecule has 100 valence electrons. The van der Waals surface area contributed by atoms with Gasteiger partial charge in [0.15, 0.2) is 0 Å². The third kappa shape index (κ3) is 3.45. The van der Waals surface area contributed by atoms with Crippen molar-refractivity contribution in [3.63, 3.8) is 0 Å². The Morgan fingerprint density at radius 1 is 1.32 bits per heavy atom. The largest absolute Gasteiger partial charge is 0.377 e. The quantitative estimate of drug-likeness (QED) is 0.783. The van der Waals surface area contributed by atoms with Crippen LogP contribution in [0, 0.1) is 12.7 Å². The van der Waals surface area contributed by atoms with Gasteiger partial charge in [-0.3, -0.25) is 0 Å². The number of halogens is 3. The minimum absolute atomic E-state index is 0.0326. The number of nitrogens with one attached hydrogen (secondary N) is 1. The molecule has 0 aliphatic rings. The molecule has 1 unspecified atom stereocenters. The lowest BCUT2D eigenvalue weighted by atomic mass is 10.1. The maximum Gasteiger partial charge on any atom is 0.124 e. The second-order valence-corrected chi connectivity index (χ2v) is 5.52. The van der Waals surface area contributed by atoms with E-state index >= 15 is 0 Å². The first-order chi connectivity index (χ1) is 8.97. The molecular formula is C14H13BrClFN2. The van der Waals surface area contributed by atoms with E-state index in [1.165, 1.54) is 12.1 Å². The van der Waals surface area contributed by atoms with Crippen LogP contribution in [0.1, 0.15) is 24.2 Å². The minimum Gasteiger partial charge on any atom is -0.377 e. The molecule has 2 aromatic rings. The van der Waals surface area contributed by atoms with Crippen LogP contribution in [0.15, 0.2) is 34.9 Å². The molecule has 0 bridgehead atoms. The molecule has 1 N–H and O–H groups in total. The summed E-state index contributed by atoms with van der Waals surface area (Å²) in [7, 11) is 0. The summed E-state index contributed by atoms with van der Waals surface area (Å²) in [6.07, 6.45) is 0. The Balaban J connectivity index is 2.23. The van der Waals surface area contributed by atoms with Crippen LogP contribution in [0.5, 0.6) is 0 Å². The van der Waals surface area contributed by atoms with Gasteiger partial charge < -0.3 is 5.32 Å². The average molecular weight is 344 g/mol. The molecule has 0 spiro atoms. The summed E-state index contributed by atoms with van der Waals surface area (Å²) in [6, 6.07) is 8.20. The second-order valence-electron chi connectivity index (χ2n) is 4.30. The summed E-state index contributed by atoms with van der Waals surface area (Å²) < 4.78 is 13.8. The van der Waals surface area contributed by atoms with E-state index in [0.717, 1.165) is 21.5 Å². The Morgan fingerprint density at radius 2 is 2.05 bits per heavy atom. The number of hydrogen-bond donors (Lipinski definition) is 1. The highest BCUT2D eigenvalue weighted by molar-refractivity contribution is 9.10. The Hall–Kier alpha value is -1.13. The maximum atomic E-state index is 13.0. The molecule has 1 aromatic heterocycles. The second kappa shape index (κ2) is 5.88. The van der Waals surface area contributed by atoms with E-state index < -0.39 is 0 Å². The fourth-order valence-electron chi connectivity index (χ4n) is 1.85. The third-order valence-electron chi connectivity index (χ3n) is 2.85. The molecule has 1 atom stereocenters. The molecule has 1 aromatic carbocycles. The predicted molar refractivity (Wildman–Crippen MR) is 80.1 cm³/mol. The van der Waals surface area contributed by atoms with Crippen molar-refractivity contribution in [3.05, 3.63) is 57.0 Å². The molecule has 0 amide bonds. The van der Waals surface area contributed by atoms with Gasteiger partial charge in [0.2, 0.25) is 0 Å². The molecule has 1 heterocycles. The van der Waals surface area contributed by atoms with E-state index in [4.69, 9.17) is 11.6 Å². The molecule has 19 heavy (non-hydrogen) atoms. The van der Waals surface area contributed by atoms with Crippen LogP contribution in [-0.2, 0) is 0 Å². The Bertz CT molecular complexity index is 604. The lowest BCUT2D eigenvalue weighted by Gasteiger charge is -2.18. The SMILES string of the molecule is Cc1nc(Br)ccc1NC(C)c1ccc(F)cc1Cl. The summed E-state index contributed by atoms with van der Waals surface area (Å²) in [4.78, 5) is 4.32. The number of aromatic nitrogens is 1. The van der Waals surface area contributed by atoms with E-state index in [-0.39, 0.29) is 11.9 Å². The number of pyridine rings is 1. The highest BCUT2D eigenvalue weighted by atomic mass is 79.9. The van der Waals surface area contributed by atoms with Gasteiger partial charge in [-0.2, -0.15) is 0 Å². The van der Waals surface area contributed by atoms with Crippen LogP contribution in [0.25, 0.3) is 0 Å². The topological polar surface area (TPSA) is 24.9 Å². The number of aryl methyl sites for hydroxylation is 1. The zero-order chi connectivity index (χ0) is 14.0. The van der Waals surface area contributed by atoms with Crippen molar-refractivity contribution in [2.45, 2.75) is 19.9 Å². The van der Waals surface area contributed by atoms with Gasteiger partial charge in [-0.15, -0.1) is 0 Å². The van der Waals surface area contributed by atoms with Gasteiger partial charge in [-0.1, -0.05) is 17.7 Å². The first-order valence-corrected chi connectivity index (χ1v) is 6.99. The van der Waals surface area contributed by atoms with Gasteiger partial charge in [0.25, 0.3) is 0 Å². The normalized spacial score (nSPS) is 12.3. The molecular weight excluding hydrogens is 331 g/mol. The number of hydrogen-bond acceptors (Lipinski definition) is 2. The molecule has 0 saturated heterocycles. The summed E-state index contributed by atoms with van der Waals surface area (Å²) in [5.74, 6) is -0.331. The molecule has 0 aliphatic heterocycles. The van der Waals surface area contributed by atoms with Gasteiger partial charge in [0.1, 0.15) is 10.4 Å². The number of rotatable bonds is 3. The van der Waals surface area contributed by atoms with Crippen molar-refractivity contribution in [1.29, 1.82) is 0 Å². The number of benzene rings is 1.